The number of halogens is 1. The molecule has 0 aliphatic heterocycles. The van der Waals surface area contributed by atoms with Gasteiger partial charge in [-0.3, -0.25) is 14.9 Å². The number of thiocarbonyl (C=S) groups is 1. The molecule has 2 aromatic rings. The Morgan fingerprint density at radius 1 is 1.11 bits per heavy atom. The predicted molar refractivity (Wildman–Crippen MR) is 116 cm³/mol. The molecule has 3 N–H and O–H groups in total. The van der Waals surface area contributed by atoms with Crippen LogP contribution in [0.15, 0.2) is 42.5 Å². The van der Waals surface area contributed by atoms with Gasteiger partial charge in [-0.2, -0.15) is 0 Å². The molecule has 0 aromatic heterocycles. The molecule has 0 saturated heterocycles. The van der Waals surface area contributed by atoms with Crippen molar-refractivity contribution in [2.24, 2.45) is 5.92 Å². The second-order valence-electron chi connectivity index (χ2n) is 6.21. The van der Waals surface area contributed by atoms with Crippen LogP contribution in [0.4, 0.5) is 11.4 Å². The zero-order chi connectivity index (χ0) is 20.7. The molecule has 0 heterocycles. The number of anilines is 2. The van der Waals surface area contributed by atoms with Gasteiger partial charge in [-0.15, -0.1) is 0 Å². The van der Waals surface area contributed by atoms with Gasteiger partial charge in [-0.1, -0.05) is 31.5 Å². The Bertz CT molecular complexity index is 887. The fourth-order valence-electron chi connectivity index (χ4n) is 2.21. The van der Waals surface area contributed by atoms with Gasteiger partial charge in [0.05, 0.1) is 11.6 Å². The van der Waals surface area contributed by atoms with Crippen molar-refractivity contribution in [3.63, 3.8) is 0 Å². The van der Waals surface area contributed by atoms with Gasteiger partial charge in [0.1, 0.15) is 5.75 Å². The quantitative estimate of drug-likeness (QED) is 0.602. The van der Waals surface area contributed by atoms with E-state index in [1.165, 1.54) is 6.07 Å². The molecule has 148 valence electrons. The molecule has 0 unspecified atom stereocenters. The number of ether oxygens (including phenoxy) is 1. The maximum atomic E-state index is 12.4. The molecule has 2 amide bonds. The molecular formula is C20H22ClN3O3S. The van der Waals surface area contributed by atoms with Gasteiger partial charge in [-0.05, 0) is 55.5 Å². The molecule has 6 nitrogen and oxygen atoms in total. The monoisotopic (exact) mass is 419 g/mol. The summed E-state index contributed by atoms with van der Waals surface area (Å²) in [6.07, 6.45) is 0. The van der Waals surface area contributed by atoms with E-state index in [2.05, 4.69) is 16.0 Å². The summed E-state index contributed by atoms with van der Waals surface area (Å²) in [6.45, 7) is 5.96. The van der Waals surface area contributed by atoms with Gasteiger partial charge < -0.3 is 15.4 Å². The number of amides is 2. The minimum Gasteiger partial charge on any atom is -0.492 e. The summed E-state index contributed by atoms with van der Waals surface area (Å²) in [5, 5.41) is 8.80. The van der Waals surface area contributed by atoms with Crippen molar-refractivity contribution in [3.05, 3.63) is 53.1 Å². The Labute approximate surface area is 174 Å². The predicted octanol–water partition coefficient (Wildman–Crippen LogP) is 4.46. The van der Waals surface area contributed by atoms with Crippen molar-refractivity contribution in [1.29, 1.82) is 0 Å². The normalized spacial score (nSPS) is 10.3. The Morgan fingerprint density at radius 2 is 1.79 bits per heavy atom. The summed E-state index contributed by atoms with van der Waals surface area (Å²) in [4.78, 5) is 24.2. The fourth-order valence-corrected chi connectivity index (χ4v) is 2.66. The van der Waals surface area contributed by atoms with Crippen molar-refractivity contribution < 1.29 is 14.3 Å². The van der Waals surface area contributed by atoms with E-state index in [1.807, 2.05) is 20.8 Å². The van der Waals surface area contributed by atoms with E-state index in [0.29, 0.717) is 34.3 Å². The lowest BCUT2D eigenvalue weighted by Crippen LogP contribution is -2.34. The summed E-state index contributed by atoms with van der Waals surface area (Å²) in [5.74, 6) is -0.0910. The van der Waals surface area contributed by atoms with Crippen LogP contribution in [0, 0.1) is 5.92 Å². The van der Waals surface area contributed by atoms with E-state index in [4.69, 9.17) is 28.6 Å². The number of hydrogen-bond acceptors (Lipinski definition) is 4. The SMILES string of the molecule is CCOc1ccc(C(=O)NC(=S)Nc2cccc(NC(=O)C(C)C)c2)cc1Cl. The number of carbonyl (C=O) groups is 2. The van der Waals surface area contributed by atoms with Crippen molar-refractivity contribution >= 4 is 52.1 Å². The number of carbonyl (C=O) groups excluding carboxylic acids is 2. The second kappa shape index (κ2) is 10.1. The zero-order valence-electron chi connectivity index (χ0n) is 15.8. The Hall–Kier alpha value is -2.64. The van der Waals surface area contributed by atoms with Crippen LogP contribution in [0.1, 0.15) is 31.1 Å². The number of benzene rings is 2. The number of nitrogens with one attached hydrogen (secondary N) is 3. The molecule has 2 aromatic carbocycles. The first-order valence-corrected chi connectivity index (χ1v) is 9.54. The lowest BCUT2D eigenvalue weighted by Gasteiger charge is -2.12. The molecule has 28 heavy (non-hydrogen) atoms. The third kappa shape index (κ3) is 6.21. The molecule has 0 aliphatic carbocycles. The molecule has 0 saturated carbocycles. The molecule has 0 fully saturated rings. The minimum atomic E-state index is -0.397. The van der Waals surface area contributed by atoms with E-state index in [9.17, 15) is 9.59 Å². The molecule has 8 heteroatoms. The Morgan fingerprint density at radius 3 is 2.39 bits per heavy atom. The van der Waals surface area contributed by atoms with Crippen LogP contribution in [0.2, 0.25) is 5.02 Å². The van der Waals surface area contributed by atoms with Crippen molar-refractivity contribution in [2.75, 3.05) is 17.2 Å². The van der Waals surface area contributed by atoms with Crippen LogP contribution < -0.4 is 20.7 Å². The van der Waals surface area contributed by atoms with Crippen LogP contribution >= 0.6 is 23.8 Å². The largest absolute Gasteiger partial charge is 0.492 e. The van der Waals surface area contributed by atoms with E-state index >= 15 is 0 Å². The maximum Gasteiger partial charge on any atom is 0.257 e. The molecule has 0 radical (unpaired) electrons. The highest BCUT2D eigenvalue weighted by molar-refractivity contribution is 7.80. The summed E-state index contributed by atoms with van der Waals surface area (Å²) in [6, 6.07) is 11.8. The van der Waals surface area contributed by atoms with Crippen molar-refractivity contribution in [1.82, 2.24) is 5.32 Å². The first-order valence-electron chi connectivity index (χ1n) is 8.75. The molecule has 0 aliphatic rings. The highest BCUT2D eigenvalue weighted by atomic mass is 35.5. The lowest BCUT2D eigenvalue weighted by atomic mass is 10.2. The smallest absolute Gasteiger partial charge is 0.257 e. The lowest BCUT2D eigenvalue weighted by molar-refractivity contribution is -0.118. The van der Waals surface area contributed by atoms with Crippen molar-refractivity contribution in [2.45, 2.75) is 20.8 Å². The fraction of sp³-hybridized carbons (Fsp3) is 0.250. The van der Waals surface area contributed by atoms with Gasteiger partial charge in [0.25, 0.3) is 5.91 Å². The van der Waals surface area contributed by atoms with Gasteiger partial charge in [0, 0.05) is 22.9 Å². The first-order chi connectivity index (χ1) is 13.3. The zero-order valence-corrected chi connectivity index (χ0v) is 17.4. The van der Waals surface area contributed by atoms with Gasteiger partial charge in [-0.25, -0.2) is 0 Å². The molecule has 2 rings (SSSR count). The standard InChI is InChI=1S/C20H22ClN3O3S/c1-4-27-17-9-8-13(10-16(17)21)19(26)24-20(28)23-15-7-5-6-14(11-15)22-18(25)12(2)3/h5-12H,4H2,1-3H3,(H,22,25)(H2,23,24,26,28). The minimum absolute atomic E-state index is 0.0830. The molecule has 0 spiro atoms. The van der Waals surface area contributed by atoms with Crippen molar-refractivity contribution in [3.8, 4) is 5.75 Å². The van der Waals surface area contributed by atoms with Crippen LogP contribution in [0.5, 0.6) is 5.75 Å². The second-order valence-corrected chi connectivity index (χ2v) is 7.03. The highest BCUT2D eigenvalue weighted by Gasteiger charge is 2.12. The maximum absolute atomic E-state index is 12.4. The molecule has 0 bridgehead atoms. The third-order valence-electron chi connectivity index (χ3n) is 3.63. The summed E-state index contributed by atoms with van der Waals surface area (Å²) >= 11 is 11.3. The van der Waals surface area contributed by atoms with Crippen LogP contribution in [-0.2, 0) is 4.79 Å². The Kier molecular flexibility index (Phi) is 7.78. The molecular weight excluding hydrogens is 398 g/mol. The van der Waals surface area contributed by atoms with Crippen LogP contribution in [0.3, 0.4) is 0 Å². The average molecular weight is 420 g/mol. The highest BCUT2D eigenvalue weighted by Crippen LogP contribution is 2.25. The number of hydrogen-bond donors (Lipinski definition) is 3. The molecule has 0 atom stereocenters. The van der Waals surface area contributed by atoms with E-state index in [0.717, 1.165) is 0 Å². The summed E-state index contributed by atoms with van der Waals surface area (Å²) in [7, 11) is 0. The van der Waals surface area contributed by atoms with Gasteiger partial charge in [0.15, 0.2) is 5.11 Å². The topological polar surface area (TPSA) is 79.5 Å². The van der Waals surface area contributed by atoms with Crippen LogP contribution in [0.25, 0.3) is 0 Å². The Balaban J connectivity index is 1.99. The third-order valence-corrected chi connectivity index (χ3v) is 4.13. The van der Waals surface area contributed by atoms with Crippen LogP contribution in [-0.4, -0.2) is 23.5 Å². The summed E-state index contributed by atoms with van der Waals surface area (Å²) < 4.78 is 5.35. The van der Waals surface area contributed by atoms with E-state index in [1.54, 1.807) is 36.4 Å². The van der Waals surface area contributed by atoms with Gasteiger partial charge >= 0.3 is 0 Å². The average Bonchev–Trinajstić information content (AvgIpc) is 2.63. The van der Waals surface area contributed by atoms with Gasteiger partial charge in [0.2, 0.25) is 5.91 Å². The van der Waals surface area contributed by atoms with E-state index in [-0.39, 0.29) is 16.9 Å². The first kappa shape index (κ1) is 21.7. The van der Waals surface area contributed by atoms with E-state index < -0.39 is 5.91 Å². The number of rotatable bonds is 6. The summed E-state index contributed by atoms with van der Waals surface area (Å²) in [5.41, 5.74) is 1.63.